The highest BCUT2D eigenvalue weighted by atomic mass is 35.5. The Morgan fingerprint density at radius 1 is 1.20 bits per heavy atom. The summed E-state index contributed by atoms with van der Waals surface area (Å²) in [6.45, 7) is 0. The number of nitrogens with one attached hydrogen (secondary N) is 2. The number of benzene rings is 1. The van der Waals surface area contributed by atoms with E-state index < -0.39 is 39.6 Å². The molecule has 2 amide bonds. The predicted molar refractivity (Wildman–Crippen MR) is 117 cm³/mol. The summed E-state index contributed by atoms with van der Waals surface area (Å²) in [6.07, 6.45) is -3.62. The number of pyridine rings is 1. The number of nitrogens with zero attached hydrogens (tertiary/aromatic N) is 3. The third kappa shape index (κ3) is 4.79. The molecule has 1 aliphatic rings. The fourth-order valence-corrected chi connectivity index (χ4v) is 5.53. The number of carbonyl (C=O) groups is 2. The summed E-state index contributed by atoms with van der Waals surface area (Å²) in [5.41, 5.74) is -0.523. The molecule has 3 heterocycles. The van der Waals surface area contributed by atoms with Crippen LogP contribution in [0.3, 0.4) is 0 Å². The summed E-state index contributed by atoms with van der Waals surface area (Å²) >= 11 is 6.08. The Bertz CT molecular complexity index is 1460. The number of amides is 2. The van der Waals surface area contributed by atoms with Crippen LogP contribution in [-0.4, -0.2) is 54.2 Å². The first-order chi connectivity index (χ1) is 16.4. The quantitative estimate of drug-likeness (QED) is 0.519. The molecule has 3 aromatic rings. The largest absolute Gasteiger partial charge is 0.574 e. The lowest BCUT2D eigenvalue weighted by molar-refractivity contribution is -0.276. The molecule has 0 aliphatic carbocycles. The molecule has 15 heteroatoms. The molecule has 0 saturated carbocycles. The molecule has 1 aliphatic heterocycles. The summed E-state index contributed by atoms with van der Waals surface area (Å²) in [4.78, 5) is 29.5. The highest BCUT2D eigenvalue weighted by Crippen LogP contribution is 2.34. The van der Waals surface area contributed by atoms with E-state index >= 15 is 0 Å². The van der Waals surface area contributed by atoms with Gasteiger partial charge in [-0.15, -0.1) is 18.3 Å². The molecule has 35 heavy (non-hydrogen) atoms. The van der Waals surface area contributed by atoms with Crippen LogP contribution in [-0.2, 0) is 16.3 Å². The minimum Gasteiger partial charge on any atom is -0.386 e. The lowest BCUT2D eigenvalue weighted by atomic mass is 10.1. The molecule has 4 rings (SSSR count). The summed E-state index contributed by atoms with van der Waals surface area (Å²) in [6, 6.07) is 6.34. The van der Waals surface area contributed by atoms with Crippen LogP contribution in [0.2, 0.25) is 5.02 Å². The monoisotopic (exact) mass is 529 g/mol. The van der Waals surface area contributed by atoms with Gasteiger partial charge in [0.05, 0.1) is 26.9 Å². The minimum absolute atomic E-state index is 0.0297. The van der Waals surface area contributed by atoms with E-state index in [-0.39, 0.29) is 39.2 Å². The Hall–Kier alpha value is -3.65. The van der Waals surface area contributed by atoms with Gasteiger partial charge in [-0.2, -0.15) is 0 Å². The van der Waals surface area contributed by atoms with E-state index in [9.17, 15) is 31.2 Å². The van der Waals surface area contributed by atoms with Gasteiger partial charge in [-0.05, 0) is 30.2 Å². The van der Waals surface area contributed by atoms with E-state index in [0.717, 1.165) is 4.68 Å². The maximum Gasteiger partial charge on any atom is 0.574 e. The van der Waals surface area contributed by atoms with Gasteiger partial charge in [0.1, 0.15) is 5.69 Å². The van der Waals surface area contributed by atoms with Crippen LogP contribution >= 0.6 is 11.6 Å². The fraction of sp³-hybridized carbons (Fsp3) is 0.200. The normalized spacial score (nSPS) is 14.3. The number of aromatic nitrogens is 3. The highest BCUT2D eigenvalue weighted by molar-refractivity contribution is 7.91. The first-order valence-electron chi connectivity index (χ1n) is 9.80. The third-order valence-corrected chi connectivity index (χ3v) is 7.10. The van der Waals surface area contributed by atoms with E-state index in [4.69, 9.17) is 11.6 Å². The van der Waals surface area contributed by atoms with Crippen LogP contribution in [0.25, 0.3) is 5.82 Å². The van der Waals surface area contributed by atoms with Crippen molar-refractivity contribution in [3.63, 3.8) is 0 Å². The summed E-state index contributed by atoms with van der Waals surface area (Å²) in [5.74, 6) is -3.14. The Balaban J connectivity index is 1.81. The second-order valence-electron chi connectivity index (χ2n) is 7.21. The molecule has 184 valence electrons. The number of halogens is 4. The molecule has 10 nitrogen and oxygen atoms in total. The predicted octanol–water partition coefficient (Wildman–Crippen LogP) is 2.76. The molecule has 0 fully saturated rings. The van der Waals surface area contributed by atoms with Crippen molar-refractivity contribution in [3.05, 3.63) is 58.4 Å². The van der Waals surface area contributed by atoms with Gasteiger partial charge in [-0.1, -0.05) is 17.7 Å². The molecule has 2 aromatic heterocycles. The highest BCUT2D eigenvalue weighted by Gasteiger charge is 2.35. The van der Waals surface area contributed by atoms with E-state index in [1.54, 1.807) is 0 Å². The van der Waals surface area contributed by atoms with Gasteiger partial charge in [-0.3, -0.25) is 9.59 Å². The second-order valence-corrected chi connectivity index (χ2v) is 9.67. The zero-order valence-corrected chi connectivity index (χ0v) is 19.3. The van der Waals surface area contributed by atoms with Crippen LogP contribution in [0.1, 0.15) is 26.4 Å². The minimum atomic E-state index is -5.10. The number of alkyl halides is 3. The second kappa shape index (κ2) is 8.85. The standard InChI is InChI=1S/C20H15ClF3N5O5S/c1-25-19(31)15-12(5-4-10-6-8-35(32,33)16(10)15)27-18(30)13-9-14(34-20(22,23)24)28-29(13)17-11(21)3-2-7-26-17/h2-5,7,9H,6,8H2,1H3,(H,25,31)(H,27,30). The average molecular weight is 530 g/mol. The zero-order chi connectivity index (χ0) is 25.5. The molecule has 0 bridgehead atoms. The summed E-state index contributed by atoms with van der Waals surface area (Å²) < 4.78 is 68.0. The first kappa shape index (κ1) is 24.5. The number of hydrogen-bond donors (Lipinski definition) is 2. The summed E-state index contributed by atoms with van der Waals surface area (Å²) in [5, 5.41) is 8.32. The Kier molecular flexibility index (Phi) is 6.19. The van der Waals surface area contributed by atoms with Crippen LogP contribution in [0.15, 0.2) is 41.4 Å². The van der Waals surface area contributed by atoms with Crippen LogP contribution < -0.4 is 15.4 Å². The molecule has 1 aromatic carbocycles. The fourth-order valence-electron chi connectivity index (χ4n) is 3.55. The van der Waals surface area contributed by atoms with Crippen molar-refractivity contribution in [2.75, 3.05) is 18.1 Å². The summed E-state index contributed by atoms with van der Waals surface area (Å²) in [7, 11) is -2.50. The Morgan fingerprint density at radius 2 is 1.94 bits per heavy atom. The number of aryl methyl sites for hydroxylation is 1. The number of fused-ring (bicyclic) bond motifs is 1. The molecular weight excluding hydrogens is 515 g/mol. The maximum atomic E-state index is 13.2. The number of carbonyl (C=O) groups excluding carboxylic acids is 2. The van der Waals surface area contributed by atoms with Crippen molar-refractivity contribution in [2.24, 2.45) is 0 Å². The van der Waals surface area contributed by atoms with E-state index in [1.807, 2.05) is 0 Å². The number of anilines is 1. The van der Waals surface area contributed by atoms with Gasteiger partial charge in [0.2, 0.25) is 5.88 Å². The number of rotatable bonds is 5. The Labute approximate surface area is 201 Å². The number of sulfone groups is 1. The maximum absolute atomic E-state index is 13.2. The average Bonchev–Trinajstić information content (AvgIpc) is 3.33. The SMILES string of the molecule is CNC(=O)c1c(NC(=O)c2cc(OC(F)(F)F)nn2-c2ncccc2Cl)ccc2c1S(=O)(=O)CC2. The molecule has 0 atom stereocenters. The molecule has 0 saturated heterocycles. The lowest BCUT2D eigenvalue weighted by Crippen LogP contribution is -2.25. The first-order valence-corrected chi connectivity index (χ1v) is 11.8. The zero-order valence-electron chi connectivity index (χ0n) is 17.7. The van der Waals surface area contributed by atoms with Crippen molar-refractivity contribution in [2.45, 2.75) is 17.7 Å². The van der Waals surface area contributed by atoms with Gasteiger partial charge in [0.15, 0.2) is 15.7 Å². The van der Waals surface area contributed by atoms with Crippen LogP contribution in [0, 0.1) is 0 Å². The van der Waals surface area contributed by atoms with Crippen molar-refractivity contribution in [1.29, 1.82) is 0 Å². The smallest absolute Gasteiger partial charge is 0.386 e. The molecular formula is C20H15ClF3N5O5S. The molecule has 0 radical (unpaired) electrons. The van der Waals surface area contributed by atoms with Gasteiger partial charge < -0.3 is 15.4 Å². The van der Waals surface area contributed by atoms with Crippen LogP contribution in [0.4, 0.5) is 18.9 Å². The number of hydrogen-bond acceptors (Lipinski definition) is 7. The van der Waals surface area contributed by atoms with Crippen molar-refractivity contribution >= 4 is 38.9 Å². The van der Waals surface area contributed by atoms with Crippen molar-refractivity contribution < 1.29 is 35.9 Å². The molecule has 2 N–H and O–H groups in total. The van der Waals surface area contributed by atoms with E-state index in [0.29, 0.717) is 11.6 Å². The third-order valence-electron chi connectivity index (χ3n) is 4.97. The van der Waals surface area contributed by atoms with Crippen molar-refractivity contribution in [3.8, 4) is 11.7 Å². The molecule has 0 unspecified atom stereocenters. The van der Waals surface area contributed by atoms with Gasteiger partial charge in [0.25, 0.3) is 11.8 Å². The Morgan fingerprint density at radius 3 is 2.60 bits per heavy atom. The topological polar surface area (TPSA) is 132 Å². The van der Waals surface area contributed by atoms with Crippen molar-refractivity contribution in [1.82, 2.24) is 20.1 Å². The number of ether oxygens (including phenoxy) is 1. The molecule has 0 spiro atoms. The van der Waals surface area contributed by atoms with Crippen LogP contribution in [0.5, 0.6) is 5.88 Å². The van der Waals surface area contributed by atoms with Gasteiger partial charge >= 0.3 is 6.36 Å². The van der Waals surface area contributed by atoms with E-state index in [2.05, 4.69) is 25.5 Å². The van der Waals surface area contributed by atoms with Gasteiger partial charge in [0, 0.05) is 19.3 Å². The lowest BCUT2D eigenvalue weighted by Gasteiger charge is -2.14. The van der Waals surface area contributed by atoms with Gasteiger partial charge in [-0.25, -0.2) is 18.1 Å². The van der Waals surface area contributed by atoms with E-state index in [1.165, 1.54) is 37.5 Å².